The van der Waals surface area contributed by atoms with Gasteiger partial charge in [0.05, 0.1) is 19.8 Å². The maximum absolute atomic E-state index is 14.0. The number of hydrogen-bond acceptors (Lipinski definition) is 11. The Labute approximate surface area is 230 Å². The van der Waals surface area contributed by atoms with Gasteiger partial charge < -0.3 is 48.9 Å². The average Bonchev–Trinajstić information content (AvgIpc) is 2.93. The van der Waals surface area contributed by atoms with Crippen molar-refractivity contribution in [2.24, 2.45) is 0 Å². The number of aliphatic hydroxyl groups excluding tert-OH is 4. The molecule has 0 spiro atoms. The van der Waals surface area contributed by atoms with Gasteiger partial charge >= 0.3 is 0 Å². The molecule has 2 heterocycles. The number of aromatic hydroxyl groups is 1. The summed E-state index contributed by atoms with van der Waals surface area (Å²) in [6.45, 7) is 4.98. The number of fused-ring (bicyclic) bond motifs is 1. The lowest BCUT2D eigenvalue weighted by atomic mass is 10.00. The summed E-state index contributed by atoms with van der Waals surface area (Å²) in [5.41, 5.74) is 1.14. The van der Waals surface area contributed by atoms with Crippen LogP contribution >= 0.6 is 0 Å². The summed E-state index contributed by atoms with van der Waals surface area (Å²) in [6, 6.07) is 7.85. The van der Waals surface area contributed by atoms with E-state index in [1.807, 2.05) is 19.9 Å². The largest absolute Gasteiger partial charge is 0.507 e. The summed E-state index contributed by atoms with van der Waals surface area (Å²) < 4.78 is 28.6. The molecule has 1 unspecified atom stereocenters. The molecule has 0 amide bonds. The van der Waals surface area contributed by atoms with E-state index >= 15 is 0 Å². The van der Waals surface area contributed by atoms with Crippen LogP contribution in [0.15, 0.2) is 51.2 Å². The second kappa shape index (κ2) is 12.3. The van der Waals surface area contributed by atoms with Crippen LogP contribution in [0.2, 0.25) is 0 Å². The molecule has 0 saturated carbocycles. The van der Waals surface area contributed by atoms with Gasteiger partial charge in [-0.2, -0.15) is 0 Å². The monoisotopic (exact) mass is 558 g/mol. The van der Waals surface area contributed by atoms with Gasteiger partial charge in [0.25, 0.3) is 0 Å². The van der Waals surface area contributed by atoms with Crippen molar-refractivity contribution in [3.63, 3.8) is 0 Å². The first kappa shape index (κ1) is 29.4. The first-order valence-corrected chi connectivity index (χ1v) is 12.8. The summed E-state index contributed by atoms with van der Waals surface area (Å²) in [5.74, 6) is -0.0944. The van der Waals surface area contributed by atoms with Gasteiger partial charge in [-0.1, -0.05) is 11.6 Å². The van der Waals surface area contributed by atoms with Crippen LogP contribution in [0, 0.1) is 0 Å². The highest BCUT2D eigenvalue weighted by Crippen LogP contribution is 2.40. The van der Waals surface area contributed by atoms with Gasteiger partial charge in [0.1, 0.15) is 53.1 Å². The van der Waals surface area contributed by atoms with E-state index in [0.717, 1.165) is 5.57 Å². The van der Waals surface area contributed by atoms with Gasteiger partial charge in [0, 0.05) is 17.2 Å². The van der Waals surface area contributed by atoms with Crippen LogP contribution in [0.1, 0.15) is 26.3 Å². The number of hydrogen-bond donors (Lipinski definition) is 5. The number of benzene rings is 2. The topological polar surface area (TPSA) is 168 Å². The van der Waals surface area contributed by atoms with E-state index in [4.69, 9.17) is 23.4 Å². The molecule has 0 radical (unpaired) electrons. The Bertz CT molecular complexity index is 1420. The smallest absolute Gasteiger partial charge is 0.239 e. The summed E-state index contributed by atoms with van der Waals surface area (Å²) in [5, 5.41) is 50.9. The van der Waals surface area contributed by atoms with Crippen LogP contribution in [-0.4, -0.2) is 76.6 Å². The lowest BCUT2D eigenvalue weighted by Crippen LogP contribution is -2.58. The van der Waals surface area contributed by atoms with Gasteiger partial charge in [-0.15, -0.1) is 0 Å². The van der Waals surface area contributed by atoms with Gasteiger partial charge in [0.15, 0.2) is 5.76 Å². The van der Waals surface area contributed by atoms with Crippen molar-refractivity contribution in [3.05, 3.63) is 57.8 Å². The third kappa shape index (κ3) is 5.79. The van der Waals surface area contributed by atoms with Crippen LogP contribution in [0.5, 0.6) is 23.0 Å². The van der Waals surface area contributed by atoms with E-state index in [9.17, 15) is 30.3 Å². The average molecular weight is 559 g/mol. The molecule has 0 bridgehead atoms. The molecule has 1 aliphatic heterocycles. The zero-order valence-electron chi connectivity index (χ0n) is 22.7. The number of rotatable bonds is 9. The highest BCUT2D eigenvalue weighted by Gasteiger charge is 2.44. The van der Waals surface area contributed by atoms with Crippen LogP contribution in [-0.2, 0) is 11.2 Å². The Balaban J connectivity index is 1.98. The Kier molecular flexibility index (Phi) is 9.02. The minimum atomic E-state index is -1.69. The van der Waals surface area contributed by atoms with E-state index in [2.05, 4.69) is 0 Å². The van der Waals surface area contributed by atoms with Crippen molar-refractivity contribution in [2.45, 2.75) is 57.9 Å². The summed E-state index contributed by atoms with van der Waals surface area (Å²) >= 11 is 0. The first-order valence-electron chi connectivity index (χ1n) is 12.8. The molecule has 5 N–H and O–H groups in total. The molecule has 216 valence electrons. The fourth-order valence-electron chi connectivity index (χ4n) is 4.41. The van der Waals surface area contributed by atoms with Crippen LogP contribution < -0.4 is 19.6 Å². The fourth-order valence-corrected chi connectivity index (χ4v) is 4.41. The van der Waals surface area contributed by atoms with Gasteiger partial charge in [-0.05, 0) is 51.5 Å². The Hall–Kier alpha value is -3.61. The second-order valence-corrected chi connectivity index (χ2v) is 9.75. The molecule has 1 saturated heterocycles. The fraction of sp³-hybridized carbons (Fsp3) is 0.414. The SMILES string of the molecule is COc1ccc(-c2oc3c(CC=C(C)C)c(OCCO)cc(O)c3c(=O)c2OC2O[C@@H](C)[C@H](O)[C@@H](O)[C@H]2O)cc1. The van der Waals surface area contributed by atoms with Crippen LogP contribution in [0.4, 0.5) is 0 Å². The highest BCUT2D eigenvalue weighted by atomic mass is 16.7. The molecule has 2 aromatic carbocycles. The van der Waals surface area contributed by atoms with Crippen molar-refractivity contribution in [2.75, 3.05) is 20.3 Å². The third-order valence-corrected chi connectivity index (χ3v) is 6.62. The Morgan fingerprint density at radius 3 is 2.40 bits per heavy atom. The number of aliphatic hydroxyl groups is 4. The zero-order valence-corrected chi connectivity index (χ0v) is 22.7. The quantitative estimate of drug-likeness (QED) is 0.244. The number of phenolic OH excluding ortho intramolecular Hbond substituents is 1. The van der Waals surface area contributed by atoms with E-state index in [1.54, 1.807) is 24.3 Å². The molecule has 4 rings (SSSR count). The van der Waals surface area contributed by atoms with Gasteiger partial charge in [-0.3, -0.25) is 4.79 Å². The predicted molar refractivity (Wildman–Crippen MR) is 145 cm³/mol. The number of allylic oxidation sites excluding steroid dienone is 2. The third-order valence-electron chi connectivity index (χ3n) is 6.62. The number of phenols is 1. The van der Waals surface area contributed by atoms with Crippen molar-refractivity contribution < 1.29 is 48.9 Å². The molecule has 11 heteroatoms. The second-order valence-electron chi connectivity index (χ2n) is 9.75. The number of ether oxygens (including phenoxy) is 4. The molecule has 1 aliphatic rings. The van der Waals surface area contributed by atoms with E-state index in [-0.39, 0.29) is 47.9 Å². The van der Waals surface area contributed by atoms with E-state index in [0.29, 0.717) is 16.9 Å². The van der Waals surface area contributed by atoms with Crippen LogP contribution in [0.3, 0.4) is 0 Å². The molecule has 5 atom stereocenters. The van der Waals surface area contributed by atoms with Crippen molar-refractivity contribution in [3.8, 4) is 34.3 Å². The van der Waals surface area contributed by atoms with E-state index in [1.165, 1.54) is 20.1 Å². The molecule has 3 aromatic rings. The molecule has 40 heavy (non-hydrogen) atoms. The number of methoxy groups -OCH3 is 1. The standard InChI is InChI=1S/C29H34O11/c1-14(2)5-10-18-20(37-12-11-30)13-19(31)21-23(33)28(40-29-25(35)24(34)22(32)15(3)38-29)26(39-27(18)21)16-6-8-17(36-4)9-7-16/h5-9,13,15,22,24-25,29-32,34-35H,10-12H2,1-4H3/t15-,22-,24+,25+,29?/m0/s1. The zero-order chi connectivity index (χ0) is 29.1. The molecular formula is C29H34O11. The molecule has 0 aliphatic carbocycles. The van der Waals surface area contributed by atoms with Crippen molar-refractivity contribution >= 4 is 11.0 Å². The van der Waals surface area contributed by atoms with Gasteiger partial charge in [0.2, 0.25) is 17.5 Å². The highest BCUT2D eigenvalue weighted by molar-refractivity contribution is 5.91. The normalized spacial score (nSPS) is 22.6. The lowest BCUT2D eigenvalue weighted by molar-refractivity contribution is -0.268. The molecular weight excluding hydrogens is 524 g/mol. The molecule has 11 nitrogen and oxygen atoms in total. The summed E-state index contributed by atoms with van der Waals surface area (Å²) in [6.07, 6.45) is -4.93. The van der Waals surface area contributed by atoms with Gasteiger partial charge in [-0.25, -0.2) is 0 Å². The maximum atomic E-state index is 14.0. The Morgan fingerprint density at radius 2 is 1.77 bits per heavy atom. The van der Waals surface area contributed by atoms with Crippen molar-refractivity contribution in [1.82, 2.24) is 0 Å². The first-order chi connectivity index (χ1) is 19.1. The lowest BCUT2D eigenvalue weighted by Gasteiger charge is -2.38. The summed E-state index contributed by atoms with van der Waals surface area (Å²) in [4.78, 5) is 14.0. The minimum absolute atomic E-state index is 0.0404. The minimum Gasteiger partial charge on any atom is -0.507 e. The van der Waals surface area contributed by atoms with E-state index < -0.39 is 41.9 Å². The molecule has 1 aromatic heterocycles. The van der Waals surface area contributed by atoms with Crippen LogP contribution in [0.25, 0.3) is 22.3 Å². The predicted octanol–water partition coefficient (Wildman–Crippen LogP) is 2.26. The molecule has 1 fully saturated rings. The maximum Gasteiger partial charge on any atom is 0.239 e. The summed E-state index contributed by atoms with van der Waals surface area (Å²) in [7, 11) is 1.51. The van der Waals surface area contributed by atoms with Crippen molar-refractivity contribution in [1.29, 1.82) is 0 Å². The Morgan fingerprint density at radius 1 is 1.07 bits per heavy atom.